The summed E-state index contributed by atoms with van der Waals surface area (Å²) in [5.41, 5.74) is 1.76. The predicted octanol–water partition coefficient (Wildman–Crippen LogP) is 4.48. The highest BCUT2D eigenvalue weighted by atomic mass is 32.1. The van der Waals surface area contributed by atoms with E-state index in [0.29, 0.717) is 21.9 Å². The molecule has 7 heteroatoms. The third kappa shape index (κ3) is 5.21. The van der Waals surface area contributed by atoms with E-state index in [-0.39, 0.29) is 13.2 Å². The summed E-state index contributed by atoms with van der Waals surface area (Å²) in [4.78, 5) is 25.5. The van der Waals surface area contributed by atoms with Gasteiger partial charge in [-0.25, -0.2) is 4.79 Å². The number of ether oxygens (including phenoxy) is 2. The summed E-state index contributed by atoms with van der Waals surface area (Å²) in [6.07, 6.45) is 0. The Labute approximate surface area is 172 Å². The number of rotatable bonds is 7. The third-order valence-corrected chi connectivity index (χ3v) is 4.99. The monoisotopic (exact) mass is 406 g/mol. The van der Waals surface area contributed by atoms with Gasteiger partial charge in [-0.2, -0.15) is 5.26 Å². The second-order valence-electron chi connectivity index (χ2n) is 5.91. The fourth-order valence-electron chi connectivity index (χ4n) is 2.53. The lowest BCUT2D eigenvalue weighted by molar-refractivity contribution is -0.118. The van der Waals surface area contributed by atoms with Crippen LogP contribution in [0.15, 0.2) is 60.7 Å². The molecule has 0 aliphatic rings. The molecule has 2 aromatic carbocycles. The van der Waals surface area contributed by atoms with Crippen LogP contribution >= 0.6 is 11.3 Å². The molecule has 146 valence electrons. The maximum absolute atomic E-state index is 12.4. The van der Waals surface area contributed by atoms with Gasteiger partial charge in [-0.05, 0) is 42.8 Å². The van der Waals surface area contributed by atoms with E-state index in [2.05, 4.69) is 5.32 Å². The molecule has 0 unspecified atom stereocenters. The lowest BCUT2D eigenvalue weighted by Gasteiger charge is -2.08. The molecule has 3 rings (SSSR count). The molecule has 1 aromatic heterocycles. The first kappa shape index (κ1) is 20.1. The Morgan fingerprint density at radius 1 is 1.10 bits per heavy atom. The average molecular weight is 406 g/mol. The second kappa shape index (κ2) is 9.53. The van der Waals surface area contributed by atoms with Gasteiger partial charge in [0.25, 0.3) is 5.91 Å². The molecule has 6 nitrogen and oxygen atoms in total. The summed E-state index contributed by atoms with van der Waals surface area (Å²) >= 11 is 1.30. The van der Waals surface area contributed by atoms with Crippen molar-refractivity contribution in [1.82, 2.24) is 0 Å². The highest BCUT2D eigenvalue weighted by Gasteiger charge is 2.20. The number of nitrogens with zero attached hydrogens (tertiary/aromatic N) is 1. The Hall–Kier alpha value is -3.63. The van der Waals surface area contributed by atoms with Gasteiger partial charge in [-0.3, -0.25) is 4.79 Å². The summed E-state index contributed by atoms with van der Waals surface area (Å²) in [7, 11) is 0. The number of anilines is 1. The molecule has 0 aliphatic carbocycles. The standard InChI is InChI=1S/C22H18N2O4S/c1-2-27-22(26)18-12-19(16-6-4-3-5-7-16)29-21(18)24-20(25)14-28-17-10-8-15(13-23)9-11-17/h3-12H,2,14H2,1H3,(H,24,25). The summed E-state index contributed by atoms with van der Waals surface area (Å²) < 4.78 is 10.6. The number of esters is 1. The Morgan fingerprint density at radius 3 is 2.48 bits per heavy atom. The molecule has 0 radical (unpaired) electrons. The van der Waals surface area contributed by atoms with E-state index in [0.717, 1.165) is 10.4 Å². The molecule has 1 amide bonds. The fourth-order valence-corrected chi connectivity index (χ4v) is 3.59. The number of nitrogens with one attached hydrogen (secondary N) is 1. The van der Waals surface area contributed by atoms with Crippen LogP contribution in [0.3, 0.4) is 0 Å². The van der Waals surface area contributed by atoms with Crippen molar-refractivity contribution in [1.29, 1.82) is 5.26 Å². The van der Waals surface area contributed by atoms with Crippen LogP contribution in [0.25, 0.3) is 10.4 Å². The fraction of sp³-hybridized carbons (Fsp3) is 0.136. The highest BCUT2D eigenvalue weighted by Crippen LogP contribution is 2.35. The number of hydrogen-bond acceptors (Lipinski definition) is 6. The Morgan fingerprint density at radius 2 is 1.83 bits per heavy atom. The van der Waals surface area contributed by atoms with E-state index >= 15 is 0 Å². The highest BCUT2D eigenvalue weighted by molar-refractivity contribution is 7.20. The number of amides is 1. The van der Waals surface area contributed by atoms with Crippen LogP contribution in [0.5, 0.6) is 5.75 Å². The second-order valence-corrected chi connectivity index (χ2v) is 6.97. The molecule has 0 spiro atoms. The number of thiophene rings is 1. The first-order chi connectivity index (χ1) is 14.1. The average Bonchev–Trinajstić information content (AvgIpc) is 3.17. The maximum Gasteiger partial charge on any atom is 0.341 e. The van der Waals surface area contributed by atoms with Crippen molar-refractivity contribution in [3.63, 3.8) is 0 Å². The van der Waals surface area contributed by atoms with Crippen molar-refractivity contribution in [2.45, 2.75) is 6.92 Å². The zero-order valence-corrected chi connectivity index (χ0v) is 16.5. The number of benzene rings is 2. The quantitative estimate of drug-likeness (QED) is 0.585. The van der Waals surface area contributed by atoms with E-state index < -0.39 is 11.9 Å². The normalized spacial score (nSPS) is 10.1. The van der Waals surface area contributed by atoms with Gasteiger partial charge in [0.2, 0.25) is 0 Å². The molecular weight excluding hydrogens is 388 g/mol. The Kier molecular flexibility index (Phi) is 6.61. The maximum atomic E-state index is 12.4. The molecular formula is C22H18N2O4S. The van der Waals surface area contributed by atoms with Crippen molar-refractivity contribution in [2.75, 3.05) is 18.5 Å². The lowest BCUT2D eigenvalue weighted by atomic mass is 10.1. The number of carbonyl (C=O) groups is 2. The molecule has 1 N–H and O–H groups in total. The molecule has 3 aromatic rings. The molecule has 1 heterocycles. The van der Waals surface area contributed by atoms with Gasteiger partial charge in [0.15, 0.2) is 6.61 Å². The minimum Gasteiger partial charge on any atom is -0.484 e. The van der Waals surface area contributed by atoms with Crippen molar-refractivity contribution >= 4 is 28.2 Å². The smallest absolute Gasteiger partial charge is 0.341 e. The van der Waals surface area contributed by atoms with Gasteiger partial charge in [-0.1, -0.05) is 30.3 Å². The van der Waals surface area contributed by atoms with Crippen LogP contribution in [0.2, 0.25) is 0 Å². The van der Waals surface area contributed by atoms with Crippen LogP contribution in [-0.2, 0) is 9.53 Å². The SMILES string of the molecule is CCOC(=O)c1cc(-c2ccccc2)sc1NC(=O)COc1ccc(C#N)cc1. The van der Waals surface area contributed by atoms with Crippen molar-refractivity contribution < 1.29 is 19.1 Å². The minimum atomic E-state index is -0.491. The van der Waals surface area contributed by atoms with Crippen molar-refractivity contribution in [3.8, 4) is 22.3 Å². The first-order valence-electron chi connectivity index (χ1n) is 8.90. The molecule has 0 fully saturated rings. The van der Waals surface area contributed by atoms with Gasteiger partial charge in [0.05, 0.1) is 23.8 Å². The Balaban J connectivity index is 1.73. The zero-order chi connectivity index (χ0) is 20.6. The summed E-state index contributed by atoms with van der Waals surface area (Å²) in [5, 5.41) is 12.0. The summed E-state index contributed by atoms with van der Waals surface area (Å²) in [5.74, 6) is -0.420. The molecule has 29 heavy (non-hydrogen) atoms. The van der Waals surface area contributed by atoms with E-state index in [1.807, 2.05) is 36.4 Å². The van der Waals surface area contributed by atoms with Crippen LogP contribution in [-0.4, -0.2) is 25.1 Å². The van der Waals surface area contributed by atoms with Gasteiger partial charge in [0.1, 0.15) is 10.8 Å². The minimum absolute atomic E-state index is 0.229. The van der Waals surface area contributed by atoms with E-state index in [4.69, 9.17) is 14.7 Å². The predicted molar refractivity (Wildman–Crippen MR) is 111 cm³/mol. The topological polar surface area (TPSA) is 88.4 Å². The molecule has 0 saturated carbocycles. The number of carbonyl (C=O) groups excluding carboxylic acids is 2. The van der Waals surface area contributed by atoms with Gasteiger partial charge in [-0.15, -0.1) is 11.3 Å². The number of nitriles is 1. The molecule has 0 aliphatic heterocycles. The van der Waals surface area contributed by atoms with Gasteiger partial charge >= 0.3 is 5.97 Å². The van der Waals surface area contributed by atoms with Crippen LogP contribution in [0.4, 0.5) is 5.00 Å². The zero-order valence-electron chi connectivity index (χ0n) is 15.7. The van der Waals surface area contributed by atoms with Crippen LogP contribution in [0.1, 0.15) is 22.8 Å². The number of hydrogen-bond donors (Lipinski definition) is 1. The first-order valence-corrected chi connectivity index (χ1v) is 9.71. The molecule has 0 atom stereocenters. The van der Waals surface area contributed by atoms with E-state index in [1.165, 1.54) is 11.3 Å². The van der Waals surface area contributed by atoms with Gasteiger partial charge < -0.3 is 14.8 Å². The van der Waals surface area contributed by atoms with Crippen LogP contribution < -0.4 is 10.1 Å². The molecule has 0 saturated heterocycles. The van der Waals surface area contributed by atoms with E-state index in [9.17, 15) is 9.59 Å². The summed E-state index contributed by atoms with van der Waals surface area (Å²) in [6.45, 7) is 1.74. The lowest BCUT2D eigenvalue weighted by Crippen LogP contribution is -2.21. The Bertz CT molecular complexity index is 1040. The van der Waals surface area contributed by atoms with E-state index in [1.54, 1.807) is 37.3 Å². The van der Waals surface area contributed by atoms with Crippen molar-refractivity contribution in [3.05, 3.63) is 71.8 Å². The largest absolute Gasteiger partial charge is 0.484 e. The van der Waals surface area contributed by atoms with Crippen LogP contribution in [0, 0.1) is 11.3 Å². The summed E-state index contributed by atoms with van der Waals surface area (Å²) in [6, 6.07) is 19.8. The third-order valence-electron chi connectivity index (χ3n) is 3.89. The van der Waals surface area contributed by atoms with Gasteiger partial charge in [0, 0.05) is 4.88 Å². The van der Waals surface area contributed by atoms with Crippen molar-refractivity contribution in [2.24, 2.45) is 0 Å². The molecule has 0 bridgehead atoms.